The fourth-order valence-corrected chi connectivity index (χ4v) is 4.08. The zero-order valence-electron chi connectivity index (χ0n) is 16.8. The van der Waals surface area contributed by atoms with Gasteiger partial charge in [0.15, 0.2) is 11.6 Å². The third-order valence-electron chi connectivity index (χ3n) is 4.66. The van der Waals surface area contributed by atoms with E-state index in [1.54, 1.807) is 6.07 Å². The number of carbonyl (C=O) groups is 1. The lowest BCUT2D eigenvalue weighted by Crippen LogP contribution is -2.37. The van der Waals surface area contributed by atoms with Crippen LogP contribution in [-0.2, 0) is 6.42 Å². The molecule has 0 saturated carbocycles. The molecule has 0 spiro atoms. The summed E-state index contributed by atoms with van der Waals surface area (Å²) in [6.07, 6.45) is 2.71. The molecule has 2 heterocycles. The molecule has 0 bridgehead atoms. The summed E-state index contributed by atoms with van der Waals surface area (Å²) in [7, 11) is -1.68. The molecule has 6 nitrogen and oxygen atoms in total. The maximum absolute atomic E-state index is 14.6. The number of pyridine rings is 2. The minimum Gasteiger partial charge on any atom is -0.478 e. The van der Waals surface area contributed by atoms with Crippen molar-refractivity contribution in [1.29, 1.82) is 0 Å². The van der Waals surface area contributed by atoms with Gasteiger partial charge in [-0.15, -0.1) is 0 Å². The van der Waals surface area contributed by atoms with E-state index in [0.29, 0.717) is 5.69 Å². The maximum Gasteiger partial charge on any atom is 0.337 e. The van der Waals surface area contributed by atoms with E-state index in [9.17, 15) is 18.7 Å². The highest BCUT2D eigenvalue weighted by Gasteiger charge is 2.19. The fourth-order valence-electron chi connectivity index (χ4n) is 2.93. The number of hydrogen-bond acceptors (Lipinski definition) is 5. The van der Waals surface area contributed by atoms with Crippen molar-refractivity contribution in [3.63, 3.8) is 0 Å². The molecule has 0 saturated heterocycles. The number of nitrogen functional groups attached to an aromatic ring is 1. The van der Waals surface area contributed by atoms with Gasteiger partial charge in [-0.3, -0.25) is 4.98 Å². The smallest absolute Gasteiger partial charge is 0.337 e. The van der Waals surface area contributed by atoms with E-state index in [1.807, 2.05) is 6.07 Å². The summed E-state index contributed by atoms with van der Waals surface area (Å²) in [5.74, 6) is -2.58. The van der Waals surface area contributed by atoms with E-state index in [0.717, 1.165) is 5.19 Å². The Morgan fingerprint density at radius 3 is 2.50 bits per heavy atom. The van der Waals surface area contributed by atoms with Crippen LogP contribution in [0.15, 0.2) is 42.7 Å². The molecule has 3 aromatic rings. The Morgan fingerprint density at radius 2 is 1.87 bits per heavy atom. The Bertz CT molecular complexity index is 1120. The maximum atomic E-state index is 14.6. The normalized spacial score (nSPS) is 11.4. The van der Waals surface area contributed by atoms with E-state index in [-0.39, 0.29) is 34.7 Å². The van der Waals surface area contributed by atoms with Gasteiger partial charge in [-0.1, -0.05) is 30.9 Å². The van der Waals surface area contributed by atoms with Crippen LogP contribution in [0.4, 0.5) is 26.0 Å². The number of benzene rings is 1. The number of hydrogen-bond donors (Lipinski definition) is 3. The molecular formula is C21H22F2N4O2Si. The molecule has 0 radical (unpaired) electrons. The summed E-state index contributed by atoms with van der Waals surface area (Å²) in [6, 6.07) is 7.70. The molecule has 9 heteroatoms. The molecule has 0 aliphatic rings. The molecule has 2 aromatic heterocycles. The van der Waals surface area contributed by atoms with E-state index >= 15 is 0 Å². The van der Waals surface area contributed by atoms with E-state index in [4.69, 9.17) is 5.73 Å². The first-order valence-corrected chi connectivity index (χ1v) is 12.7. The topological polar surface area (TPSA) is 101 Å². The number of aromatic nitrogens is 2. The predicted octanol–water partition coefficient (Wildman–Crippen LogP) is 3.91. The monoisotopic (exact) mass is 428 g/mol. The summed E-state index contributed by atoms with van der Waals surface area (Å²) in [5, 5.41) is 13.4. The van der Waals surface area contributed by atoms with Crippen molar-refractivity contribution >= 4 is 36.4 Å². The van der Waals surface area contributed by atoms with Gasteiger partial charge in [-0.25, -0.2) is 18.6 Å². The third kappa shape index (κ3) is 4.62. The molecule has 3 rings (SSSR count). The average Bonchev–Trinajstić information content (AvgIpc) is 2.67. The van der Waals surface area contributed by atoms with Crippen molar-refractivity contribution in [3.8, 4) is 0 Å². The number of aromatic carboxylic acids is 1. The van der Waals surface area contributed by atoms with Gasteiger partial charge < -0.3 is 16.2 Å². The predicted molar refractivity (Wildman–Crippen MR) is 115 cm³/mol. The van der Waals surface area contributed by atoms with E-state index in [2.05, 4.69) is 34.9 Å². The molecule has 30 heavy (non-hydrogen) atoms. The first-order chi connectivity index (χ1) is 14.1. The highest BCUT2D eigenvalue weighted by molar-refractivity contribution is 6.88. The van der Waals surface area contributed by atoms with Crippen LogP contribution in [-0.4, -0.2) is 29.1 Å². The third-order valence-corrected chi connectivity index (χ3v) is 6.71. The van der Waals surface area contributed by atoms with Crippen LogP contribution in [0.1, 0.15) is 21.6 Å². The number of rotatable bonds is 6. The van der Waals surface area contributed by atoms with Crippen molar-refractivity contribution < 1.29 is 18.7 Å². The molecule has 0 unspecified atom stereocenters. The summed E-state index contributed by atoms with van der Waals surface area (Å²) >= 11 is 0. The van der Waals surface area contributed by atoms with Crippen LogP contribution in [0, 0.1) is 11.6 Å². The Hall–Kier alpha value is -3.33. The van der Waals surface area contributed by atoms with Gasteiger partial charge in [0.2, 0.25) is 0 Å². The molecule has 1 aromatic carbocycles. The van der Waals surface area contributed by atoms with Crippen LogP contribution in [0.25, 0.3) is 0 Å². The van der Waals surface area contributed by atoms with Gasteiger partial charge in [-0.05, 0) is 29.8 Å². The summed E-state index contributed by atoms with van der Waals surface area (Å²) in [6.45, 7) is 6.33. The standard InChI is InChI=1S/C21H22F2N4O2Si/c1-30(2,3)14-4-5-17(16(22)10-14)27-18-11-26-13(9-15(18)21(28)29)8-12-6-7-25-20(24)19(12)23/h4-7,9-11,27H,8H2,1-3H3,(H2,24,25)(H,28,29). The van der Waals surface area contributed by atoms with Gasteiger partial charge in [-0.2, -0.15) is 0 Å². The van der Waals surface area contributed by atoms with Crippen LogP contribution < -0.4 is 16.2 Å². The SMILES string of the molecule is C[Si](C)(C)c1ccc(Nc2cnc(Cc3ccnc(N)c3F)cc2C(=O)O)c(F)c1. The minimum atomic E-state index is -1.68. The zero-order valence-corrected chi connectivity index (χ0v) is 17.8. The Labute approximate surface area is 173 Å². The Balaban J connectivity index is 1.91. The van der Waals surface area contributed by atoms with Gasteiger partial charge >= 0.3 is 5.97 Å². The molecule has 156 valence electrons. The summed E-state index contributed by atoms with van der Waals surface area (Å²) in [4.78, 5) is 19.6. The molecule has 0 amide bonds. The van der Waals surface area contributed by atoms with Crippen LogP contribution in [0.3, 0.4) is 0 Å². The highest BCUT2D eigenvalue weighted by atomic mass is 28.3. The van der Waals surface area contributed by atoms with Gasteiger partial charge in [0.1, 0.15) is 5.82 Å². The number of carboxylic acids is 1. The summed E-state index contributed by atoms with van der Waals surface area (Å²) < 4.78 is 28.7. The molecule has 0 aliphatic carbocycles. The average molecular weight is 429 g/mol. The second-order valence-corrected chi connectivity index (χ2v) is 13.0. The van der Waals surface area contributed by atoms with E-state index < -0.39 is 25.7 Å². The molecule has 0 aliphatic heterocycles. The van der Waals surface area contributed by atoms with Gasteiger partial charge in [0, 0.05) is 18.3 Å². The first-order valence-electron chi connectivity index (χ1n) is 9.24. The summed E-state index contributed by atoms with van der Waals surface area (Å²) in [5.41, 5.74) is 6.24. The van der Waals surface area contributed by atoms with Crippen molar-refractivity contribution in [2.24, 2.45) is 0 Å². The van der Waals surface area contributed by atoms with Crippen LogP contribution in [0.5, 0.6) is 0 Å². The minimum absolute atomic E-state index is 0.0401. The lowest BCUT2D eigenvalue weighted by Gasteiger charge is -2.18. The van der Waals surface area contributed by atoms with Crippen molar-refractivity contribution in [2.75, 3.05) is 11.1 Å². The van der Waals surface area contributed by atoms with Crippen molar-refractivity contribution in [3.05, 3.63) is 71.2 Å². The van der Waals surface area contributed by atoms with Gasteiger partial charge in [0.25, 0.3) is 0 Å². The number of nitrogens with zero attached hydrogens (tertiary/aromatic N) is 2. The number of carboxylic acid groups (broad SMARTS) is 1. The lowest BCUT2D eigenvalue weighted by molar-refractivity contribution is 0.0697. The van der Waals surface area contributed by atoms with E-state index in [1.165, 1.54) is 30.6 Å². The molecular weight excluding hydrogens is 406 g/mol. The van der Waals surface area contributed by atoms with Crippen molar-refractivity contribution in [2.45, 2.75) is 26.1 Å². The largest absolute Gasteiger partial charge is 0.478 e. The second-order valence-electron chi connectivity index (χ2n) is 7.94. The number of nitrogens with two attached hydrogens (primary N) is 1. The number of anilines is 3. The molecule has 4 N–H and O–H groups in total. The van der Waals surface area contributed by atoms with Crippen LogP contribution in [0.2, 0.25) is 19.6 Å². The fraction of sp³-hybridized carbons (Fsp3) is 0.190. The number of nitrogens with one attached hydrogen (secondary N) is 1. The Kier molecular flexibility index (Phi) is 5.84. The zero-order chi connectivity index (χ0) is 22.1. The van der Waals surface area contributed by atoms with Crippen molar-refractivity contribution in [1.82, 2.24) is 9.97 Å². The molecule has 0 atom stereocenters. The second kappa shape index (κ2) is 8.19. The van der Waals surface area contributed by atoms with Crippen LogP contribution >= 0.6 is 0 Å². The quantitative estimate of drug-likeness (QED) is 0.515. The lowest BCUT2D eigenvalue weighted by atomic mass is 10.1. The molecule has 0 fully saturated rings. The first kappa shape index (κ1) is 21.4. The number of halogens is 2. The Morgan fingerprint density at radius 1 is 1.13 bits per heavy atom. The highest BCUT2D eigenvalue weighted by Crippen LogP contribution is 2.25. The van der Waals surface area contributed by atoms with Gasteiger partial charge in [0.05, 0.1) is 31.2 Å².